The standard InChI is InChI=1S/C14H17NO3S/c1-9(16)13-5-4-11(17-3)6-14(13)18-8-12-7-15-10(2)19-12/h4-7,9,16H,8H2,1-3H3. The molecule has 0 amide bonds. The summed E-state index contributed by atoms with van der Waals surface area (Å²) in [6, 6.07) is 5.42. The van der Waals surface area contributed by atoms with Crippen LogP contribution < -0.4 is 9.47 Å². The highest BCUT2D eigenvalue weighted by atomic mass is 32.1. The lowest BCUT2D eigenvalue weighted by atomic mass is 10.1. The average molecular weight is 279 g/mol. The minimum absolute atomic E-state index is 0.443. The van der Waals surface area contributed by atoms with Crippen molar-refractivity contribution in [2.45, 2.75) is 26.6 Å². The number of thiazole rings is 1. The fraction of sp³-hybridized carbons (Fsp3) is 0.357. The van der Waals surface area contributed by atoms with E-state index in [-0.39, 0.29) is 0 Å². The van der Waals surface area contributed by atoms with Gasteiger partial charge in [0, 0.05) is 17.8 Å². The lowest BCUT2D eigenvalue weighted by molar-refractivity contribution is 0.190. The molecule has 5 heteroatoms. The molecule has 1 N–H and O–H groups in total. The number of hydrogen-bond donors (Lipinski definition) is 1. The highest BCUT2D eigenvalue weighted by Crippen LogP contribution is 2.30. The van der Waals surface area contributed by atoms with E-state index >= 15 is 0 Å². The quantitative estimate of drug-likeness (QED) is 0.913. The van der Waals surface area contributed by atoms with Gasteiger partial charge in [0.1, 0.15) is 18.1 Å². The first-order valence-electron chi connectivity index (χ1n) is 6.00. The van der Waals surface area contributed by atoms with Gasteiger partial charge in [-0.15, -0.1) is 11.3 Å². The van der Waals surface area contributed by atoms with Crippen LogP contribution in [0.1, 0.15) is 28.5 Å². The predicted molar refractivity (Wildman–Crippen MR) is 74.8 cm³/mol. The second-order valence-corrected chi connectivity index (χ2v) is 5.53. The van der Waals surface area contributed by atoms with Gasteiger partial charge >= 0.3 is 0 Å². The minimum Gasteiger partial charge on any atom is -0.497 e. The molecule has 2 rings (SSSR count). The van der Waals surface area contributed by atoms with Crippen LogP contribution >= 0.6 is 11.3 Å². The van der Waals surface area contributed by atoms with E-state index in [1.807, 2.05) is 25.3 Å². The average Bonchev–Trinajstić information content (AvgIpc) is 2.81. The lowest BCUT2D eigenvalue weighted by Crippen LogP contribution is -2.00. The van der Waals surface area contributed by atoms with Crippen LogP contribution in [-0.2, 0) is 6.61 Å². The maximum atomic E-state index is 9.74. The van der Waals surface area contributed by atoms with Crippen molar-refractivity contribution in [1.82, 2.24) is 4.98 Å². The molecule has 2 aromatic rings. The molecule has 0 saturated carbocycles. The molecule has 102 valence electrons. The molecular weight excluding hydrogens is 262 g/mol. The first-order valence-corrected chi connectivity index (χ1v) is 6.82. The summed E-state index contributed by atoms with van der Waals surface area (Å²) in [6.07, 6.45) is 1.23. The molecule has 0 saturated heterocycles. The van der Waals surface area contributed by atoms with Crippen molar-refractivity contribution < 1.29 is 14.6 Å². The van der Waals surface area contributed by atoms with E-state index in [1.54, 1.807) is 31.4 Å². The molecule has 0 fully saturated rings. The van der Waals surface area contributed by atoms with Crippen LogP contribution in [0.25, 0.3) is 0 Å². The topological polar surface area (TPSA) is 51.6 Å². The molecule has 1 aromatic carbocycles. The first-order chi connectivity index (χ1) is 9.10. The van der Waals surface area contributed by atoms with Gasteiger partial charge in [-0.25, -0.2) is 4.98 Å². The van der Waals surface area contributed by atoms with Gasteiger partial charge in [-0.1, -0.05) is 0 Å². The van der Waals surface area contributed by atoms with Crippen LogP contribution in [-0.4, -0.2) is 17.2 Å². The van der Waals surface area contributed by atoms with Crippen molar-refractivity contribution in [3.63, 3.8) is 0 Å². The molecule has 0 aliphatic rings. The molecule has 0 aliphatic carbocycles. The number of benzene rings is 1. The summed E-state index contributed by atoms with van der Waals surface area (Å²) in [4.78, 5) is 5.24. The SMILES string of the molecule is COc1ccc(C(C)O)c(OCc2cnc(C)s2)c1. The number of aliphatic hydroxyl groups is 1. The molecule has 1 aromatic heterocycles. The Hall–Kier alpha value is -1.59. The van der Waals surface area contributed by atoms with E-state index in [9.17, 15) is 5.11 Å². The summed E-state index contributed by atoms with van der Waals surface area (Å²) in [7, 11) is 1.60. The van der Waals surface area contributed by atoms with E-state index in [2.05, 4.69) is 4.98 Å². The maximum absolute atomic E-state index is 9.74. The molecule has 4 nitrogen and oxygen atoms in total. The van der Waals surface area contributed by atoms with E-state index in [1.165, 1.54) is 0 Å². The van der Waals surface area contributed by atoms with Gasteiger partial charge < -0.3 is 14.6 Å². The van der Waals surface area contributed by atoms with Crippen molar-refractivity contribution >= 4 is 11.3 Å². The molecule has 19 heavy (non-hydrogen) atoms. The third-order valence-corrected chi connectivity index (χ3v) is 3.60. The monoisotopic (exact) mass is 279 g/mol. The van der Waals surface area contributed by atoms with Crippen molar-refractivity contribution in [2.24, 2.45) is 0 Å². The Morgan fingerprint density at radius 3 is 2.79 bits per heavy atom. The van der Waals surface area contributed by atoms with Gasteiger partial charge in [0.25, 0.3) is 0 Å². The Bertz CT molecular complexity index is 551. The predicted octanol–water partition coefficient (Wildman–Crippen LogP) is 3.09. The van der Waals surface area contributed by atoms with E-state index in [4.69, 9.17) is 9.47 Å². The number of rotatable bonds is 5. The van der Waals surface area contributed by atoms with E-state index < -0.39 is 6.10 Å². The van der Waals surface area contributed by atoms with Crippen LogP contribution in [0.5, 0.6) is 11.5 Å². The van der Waals surface area contributed by atoms with Crippen molar-refractivity contribution in [3.8, 4) is 11.5 Å². The van der Waals surface area contributed by atoms with Crippen molar-refractivity contribution in [2.75, 3.05) is 7.11 Å². The van der Waals surface area contributed by atoms with E-state index in [0.29, 0.717) is 18.1 Å². The second-order valence-electron chi connectivity index (χ2n) is 4.21. The van der Waals surface area contributed by atoms with Gasteiger partial charge in [0.15, 0.2) is 0 Å². The fourth-order valence-corrected chi connectivity index (χ4v) is 2.44. The largest absolute Gasteiger partial charge is 0.497 e. The summed E-state index contributed by atoms with van der Waals surface area (Å²) in [6.45, 7) is 4.12. The molecule has 0 spiro atoms. The molecule has 0 aliphatic heterocycles. The number of hydrogen-bond acceptors (Lipinski definition) is 5. The molecular formula is C14H17NO3S. The second kappa shape index (κ2) is 6.04. The highest BCUT2D eigenvalue weighted by Gasteiger charge is 2.11. The van der Waals surface area contributed by atoms with E-state index in [0.717, 1.165) is 15.4 Å². The fourth-order valence-electron chi connectivity index (χ4n) is 1.73. The van der Waals surface area contributed by atoms with Crippen LogP contribution in [0, 0.1) is 6.92 Å². The van der Waals surface area contributed by atoms with Gasteiger partial charge in [0.05, 0.1) is 23.1 Å². The Balaban J connectivity index is 2.17. The van der Waals surface area contributed by atoms with Crippen molar-refractivity contribution in [3.05, 3.63) is 39.8 Å². The number of methoxy groups -OCH3 is 1. The summed E-state index contributed by atoms with van der Waals surface area (Å²) < 4.78 is 10.9. The Labute approximate surface area is 116 Å². The van der Waals surface area contributed by atoms with Crippen molar-refractivity contribution in [1.29, 1.82) is 0 Å². The molecule has 0 radical (unpaired) electrons. The van der Waals surface area contributed by atoms with Gasteiger partial charge in [-0.3, -0.25) is 0 Å². The minimum atomic E-state index is -0.580. The summed E-state index contributed by atoms with van der Waals surface area (Å²) in [5.74, 6) is 1.35. The Kier molecular flexibility index (Phi) is 4.39. The lowest BCUT2D eigenvalue weighted by Gasteiger charge is -2.14. The zero-order chi connectivity index (χ0) is 13.8. The number of nitrogens with zero attached hydrogens (tertiary/aromatic N) is 1. The Morgan fingerprint density at radius 1 is 1.42 bits per heavy atom. The van der Waals surface area contributed by atoms with Crippen LogP contribution in [0.4, 0.5) is 0 Å². The zero-order valence-corrected chi connectivity index (χ0v) is 12.0. The van der Waals surface area contributed by atoms with Gasteiger partial charge in [-0.05, 0) is 26.0 Å². The first kappa shape index (κ1) is 13.8. The molecule has 1 heterocycles. The van der Waals surface area contributed by atoms with Gasteiger partial charge in [-0.2, -0.15) is 0 Å². The zero-order valence-electron chi connectivity index (χ0n) is 11.2. The molecule has 1 unspecified atom stereocenters. The van der Waals surface area contributed by atoms with Crippen LogP contribution in [0.3, 0.4) is 0 Å². The number of aliphatic hydroxyl groups excluding tert-OH is 1. The maximum Gasteiger partial charge on any atom is 0.129 e. The summed E-state index contributed by atoms with van der Waals surface area (Å²) in [5, 5.41) is 10.8. The molecule has 0 bridgehead atoms. The van der Waals surface area contributed by atoms with Crippen LogP contribution in [0.15, 0.2) is 24.4 Å². The van der Waals surface area contributed by atoms with Crippen LogP contribution in [0.2, 0.25) is 0 Å². The van der Waals surface area contributed by atoms with Gasteiger partial charge in [0.2, 0.25) is 0 Å². The summed E-state index contributed by atoms with van der Waals surface area (Å²) in [5.41, 5.74) is 0.752. The number of aromatic nitrogens is 1. The smallest absolute Gasteiger partial charge is 0.129 e. The highest BCUT2D eigenvalue weighted by molar-refractivity contribution is 7.11. The number of aryl methyl sites for hydroxylation is 1. The third-order valence-electron chi connectivity index (χ3n) is 2.71. The Morgan fingerprint density at radius 2 is 2.21 bits per heavy atom. The normalized spacial score (nSPS) is 12.2. The number of ether oxygens (including phenoxy) is 2. The third kappa shape index (κ3) is 3.45. The molecule has 1 atom stereocenters. The summed E-state index contributed by atoms with van der Waals surface area (Å²) >= 11 is 1.60.